The van der Waals surface area contributed by atoms with E-state index in [9.17, 15) is 5.11 Å². The van der Waals surface area contributed by atoms with Crippen molar-refractivity contribution in [2.24, 2.45) is 0 Å². The molecule has 0 bridgehead atoms. The minimum atomic E-state index is -1.45. The Bertz CT molecular complexity index is 493. The minimum absolute atomic E-state index is 0.0813. The first-order valence-electron chi connectivity index (χ1n) is 6.30. The lowest BCUT2D eigenvalue weighted by molar-refractivity contribution is 0.299. The molecule has 0 radical (unpaired) electrons. The lowest BCUT2D eigenvalue weighted by Gasteiger charge is -2.12. The maximum Gasteiger partial charge on any atom is 0.138 e. The predicted molar refractivity (Wildman–Crippen MR) is 80.6 cm³/mol. The maximum atomic E-state index is 9.18. The molecular weight excluding hydrogens is 256 g/mol. The molecule has 0 aliphatic rings. The quantitative estimate of drug-likeness (QED) is 0.679. The second-order valence-electron chi connectivity index (χ2n) is 5.34. The smallest absolute Gasteiger partial charge is 0.138 e. The van der Waals surface area contributed by atoms with Crippen molar-refractivity contribution in [3.8, 4) is 23.0 Å². The standard InChI is InChI=1S/C15H22O3Si/c1-17-13-10-12(6-8-16)14(15(11-13)18-2)7-9-19(3,4)5/h10-11,16H,6,8H2,1-5H3. The molecule has 1 aromatic rings. The fourth-order valence-corrected chi connectivity index (χ4v) is 2.13. The summed E-state index contributed by atoms with van der Waals surface area (Å²) < 4.78 is 10.6. The molecule has 0 aromatic heterocycles. The van der Waals surface area contributed by atoms with Crippen molar-refractivity contribution in [1.29, 1.82) is 0 Å². The number of aliphatic hydroxyl groups excluding tert-OH is 1. The summed E-state index contributed by atoms with van der Waals surface area (Å²) in [5.74, 6) is 4.65. The second kappa shape index (κ2) is 6.64. The summed E-state index contributed by atoms with van der Waals surface area (Å²) >= 11 is 0. The van der Waals surface area contributed by atoms with Crippen LogP contribution in [0.4, 0.5) is 0 Å². The number of ether oxygens (including phenoxy) is 2. The van der Waals surface area contributed by atoms with Crippen LogP contribution in [-0.2, 0) is 6.42 Å². The Morgan fingerprint density at radius 3 is 2.32 bits per heavy atom. The summed E-state index contributed by atoms with van der Waals surface area (Å²) in [4.78, 5) is 0. The number of benzene rings is 1. The fraction of sp³-hybridized carbons (Fsp3) is 0.467. The van der Waals surface area contributed by atoms with Crippen molar-refractivity contribution in [3.05, 3.63) is 23.3 Å². The second-order valence-corrected chi connectivity index (χ2v) is 10.1. The SMILES string of the molecule is COc1cc(CCO)c(C#C[Si](C)(C)C)c(OC)c1. The Labute approximate surface area is 116 Å². The van der Waals surface area contributed by atoms with E-state index in [-0.39, 0.29) is 6.61 Å². The molecule has 0 amide bonds. The van der Waals surface area contributed by atoms with Crippen molar-refractivity contribution in [2.75, 3.05) is 20.8 Å². The lowest BCUT2D eigenvalue weighted by Crippen LogP contribution is -2.16. The molecule has 0 aliphatic heterocycles. The molecule has 0 atom stereocenters. The van der Waals surface area contributed by atoms with Gasteiger partial charge >= 0.3 is 0 Å². The van der Waals surface area contributed by atoms with Crippen LogP contribution in [0.25, 0.3) is 0 Å². The molecule has 19 heavy (non-hydrogen) atoms. The van der Waals surface area contributed by atoms with E-state index >= 15 is 0 Å². The summed E-state index contributed by atoms with van der Waals surface area (Å²) in [6.07, 6.45) is 0.545. The van der Waals surface area contributed by atoms with E-state index in [0.29, 0.717) is 12.2 Å². The molecule has 0 aliphatic carbocycles. The van der Waals surface area contributed by atoms with Crippen molar-refractivity contribution >= 4 is 8.07 Å². The third-order valence-electron chi connectivity index (χ3n) is 2.56. The molecule has 1 aromatic carbocycles. The highest BCUT2D eigenvalue weighted by molar-refractivity contribution is 6.83. The highest BCUT2D eigenvalue weighted by atomic mass is 28.3. The van der Waals surface area contributed by atoms with Crippen molar-refractivity contribution in [3.63, 3.8) is 0 Å². The van der Waals surface area contributed by atoms with Crippen LogP contribution >= 0.6 is 0 Å². The van der Waals surface area contributed by atoms with Gasteiger partial charge in [0.25, 0.3) is 0 Å². The Balaban J connectivity index is 3.35. The van der Waals surface area contributed by atoms with Crippen molar-refractivity contribution in [2.45, 2.75) is 26.1 Å². The molecule has 0 spiro atoms. The van der Waals surface area contributed by atoms with Crippen LogP contribution in [0.15, 0.2) is 12.1 Å². The Morgan fingerprint density at radius 2 is 1.84 bits per heavy atom. The van der Waals surface area contributed by atoms with Gasteiger partial charge in [-0.1, -0.05) is 25.6 Å². The minimum Gasteiger partial charge on any atom is -0.497 e. The maximum absolute atomic E-state index is 9.18. The summed E-state index contributed by atoms with van der Waals surface area (Å²) in [6.45, 7) is 6.67. The van der Waals surface area contributed by atoms with Gasteiger partial charge in [-0.05, 0) is 18.1 Å². The fourth-order valence-electron chi connectivity index (χ4n) is 1.63. The number of hydrogen-bond acceptors (Lipinski definition) is 3. The first-order chi connectivity index (χ1) is 8.91. The highest BCUT2D eigenvalue weighted by Gasteiger charge is 2.12. The largest absolute Gasteiger partial charge is 0.497 e. The molecule has 0 unspecified atom stereocenters. The van der Waals surface area contributed by atoms with Crippen LogP contribution in [0, 0.1) is 11.5 Å². The Kier molecular flexibility index (Phi) is 5.46. The van der Waals surface area contributed by atoms with Gasteiger partial charge in [-0.3, -0.25) is 0 Å². The molecule has 0 saturated heterocycles. The monoisotopic (exact) mass is 278 g/mol. The third-order valence-corrected chi connectivity index (χ3v) is 3.43. The summed E-state index contributed by atoms with van der Waals surface area (Å²) in [5.41, 5.74) is 5.16. The predicted octanol–water partition coefficient (Wildman–Crippen LogP) is 2.47. The van der Waals surface area contributed by atoms with Gasteiger partial charge in [0.1, 0.15) is 19.6 Å². The number of methoxy groups -OCH3 is 2. The molecule has 1 N–H and O–H groups in total. The first-order valence-corrected chi connectivity index (χ1v) is 9.80. The van der Waals surface area contributed by atoms with Gasteiger partial charge < -0.3 is 14.6 Å². The van der Waals surface area contributed by atoms with Gasteiger partial charge in [0.05, 0.1) is 19.8 Å². The molecule has 3 nitrogen and oxygen atoms in total. The highest BCUT2D eigenvalue weighted by Crippen LogP contribution is 2.28. The normalized spacial score (nSPS) is 10.6. The van der Waals surface area contributed by atoms with Gasteiger partial charge in [0.15, 0.2) is 0 Å². The molecular formula is C15H22O3Si. The molecule has 104 valence electrons. The van der Waals surface area contributed by atoms with Crippen LogP contribution in [0.2, 0.25) is 19.6 Å². The van der Waals surface area contributed by atoms with E-state index in [1.54, 1.807) is 14.2 Å². The van der Waals surface area contributed by atoms with Crippen molar-refractivity contribution < 1.29 is 14.6 Å². The average Bonchev–Trinajstić information content (AvgIpc) is 2.35. The summed E-state index contributed by atoms with van der Waals surface area (Å²) in [7, 11) is 1.78. The molecule has 4 heteroatoms. The topological polar surface area (TPSA) is 38.7 Å². The van der Waals surface area contributed by atoms with Crippen molar-refractivity contribution in [1.82, 2.24) is 0 Å². The average molecular weight is 278 g/mol. The van der Waals surface area contributed by atoms with Gasteiger partial charge in [-0.2, -0.15) is 0 Å². The zero-order chi connectivity index (χ0) is 14.5. The zero-order valence-electron chi connectivity index (χ0n) is 12.3. The van der Waals surface area contributed by atoms with E-state index in [2.05, 4.69) is 31.1 Å². The van der Waals surface area contributed by atoms with Gasteiger partial charge in [0, 0.05) is 12.7 Å². The van der Waals surface area contributed by atoms with Gasteiger partial charge in [0.2, 0.25) is 0 Å². The van der Waals surface area contributed by atoms with Gasteiger partial charge in [-0.15, -0.1) is 5.54 Å². The number of rotatable bonds is 4. The molecule has 0 fully saturated rings. The number of hydrogen-bond donors (Lipinski definition) is 1. The summed E-state index contributed by atoms with van der Waals surface area (Å²) in [5, 5.41) is 9.18. The van der Waals surface area contributed by atoms with E-state index in [4.69, 9.17) is 9.47 Å². The summed E-state index contributed by atoms with van der Waals surface area (Å²) in [6, 6.07) is 3.74. The lowest BCUT2D eigenvalue weighted by atomic mass is 10.0. The third kappa shape index (κ3) is 4.62. The van der Waals surface area contributed by atoms with Gasteiger partial charge in [-0.25, -0.2) is 0 Å². The Morgan fingerprint density at radius 1 is 1.16 bits per heavy atom. The van der Waals surface area contributed by atoms with E-state index in [0.717, 1.165) is 16.9 Å². The van der Waals surface area contributed by atoms with Crippen LogP contribution in [0.3, 0.4) is 0 Å². The van der Waals surface area contributed by atoms with Crippen LogP contribution < -0.4 is 9.47 Å². The molecule has 1 rings (SSSR count). The molecule has 0 heterocycles. The zero-order valence-corrected chi connectivity index (χ0v) is 13.3. The van der Waals surface area contributed by atoms with E-state index in [1.807, 2.05) is 12.1 Å². The van der Waals surface area contributed by atoms with Crippen LogP contribution in [0.1, 0.15) is 11.1 Å². The first kappa shape index (κ1) is 15.6. The Hall–Kier alpha value is -1.44. The van der Waals surface area contributed by atoms with E-state index < -0.39 is 8.07 Å². The number of aliphatic hydroxyl groups is 1. The van der Waals surface area contributed by atoms with Crippen LogP contribution in [0.5, 0.6) is 11.5 Å². The van der Waals surface area contributed by atoms with Crippen LogP contribution in [-0.4, -0.2) is 34.0 Å². The molecule has 0 saturated carbocycles. The van der Waals surface area contributed by atoms with E-state index in [1.165, 1.54) is 0 Å².